The first kappa shape index (κ1) is 15.8. The van der Waals surface area contributed by atoms with Crippen LogP contribution >= 0.6 is 28.8 Å². The number of hydrogen-bond acceptors (Lipinski definition) is 5. The first-order chi connectivity index (χ1) is 6.83. The van der Waals surface area contributed by atoms with Crippen LogP contribution in [0.25, 0.3) is 0 Å². The number of nitrogens with one attached hydrogen (secondary N) is 1. The van der Waals surface area contributed by atoms with Crippen LogP contribution in [0, 0.1) is 0 Å². The van der Waals surface area contributed by atoms with Crippen LogP contribution in [-0.2, 0) is 21.1 Å². The van der Waals surface area contributed by atoms with E-state index in [4.69, 9.17) is 16.3 Å². The molecule has 0 rings (SSSR count). The molecular formula is C8H18NO2PS3. The van der Waals surface area contributed by atoms with E-state index in [1.807, 2.05) is 6.92 Å². The number of carbonyl (C=O) groups excluding carboxylic acids is 1. The third kappa shape index (κ3) is 8.57. The van der Waals surface area contributed by atoms with Gasteiger partial charge in [-0.25, -0.2) is 0 Å². The Bertz CT molecular complexity index is 243. The van der Waals surface area contributed by atoms with Gasteiger partial charge in [-0.15, -0.1) is 11.8 Å². The quantitative estimate of drug-likeness (QED) is 0.442. The number of thioether (sulfide) groups is 1. The topological polar surface area (TPSA) is 38.3 Å². The number of hydrogen-bond donors (Lipinski definition) is 1. The molecule has 0 aromatic rings. The Morgan fingerprint density at radius 1 is 1.53 bits per heavy atom. The molecule has 0 fully saturated rings. The van der Waals surface area contributed by atoms with Gasteiger partial charge in [-0.3, -0.25) is 4.79 Å². The molecule has 0 bridgehead atoms. The van der Waals surface area contributed by atoms with Crippen molar-refractivity contribution in [2.75, 3.05) is 11.7 Å². The van der Waals surface area contributed by atoms with Crippen LogP contribution in [0.2, 0.25) is 0 Å². The minimum absolute atomic E-state index is 0.209. The van der Waals surface area contributed by atoms with Crippen molar-refractivity contribution in [2.45, 2.75) is 32.4 Å². The number of carbonyl (C=O) groups is 1. The Hall–Kier alpha value is 0.780. The average molecular weight is 287 g/mol. The maximum Gasteiger partial charge on any atom is 0.213 e. The van der Waals surface area contributed by atoms with E-state index in [2.05, 4.69) is 25.9 Å². The van der Waals surface area contributed by atoms with Crippen molar-refractivity contribution in [3.8, 4) is 0 Å². The van der Waals surface area contributed by atoms with Gasteiger partial charge in [0.2, 0.25) is 12.0 Å². The van der Waals surface area contributed by atoms with Crippen molar-refractivity contribution >= 4 is 47.0 Å². The van der Waals surface area contributed by atoms with Gasteiger partial charge in [0.05, 0.1) is 6.61 Å². The van der Waals surface area contributed by atoms with Crippen LogP contribution in [0.15, 0.2) is 0 Å². The Morgan fingerprint density at radius 2 is 2.13 bits per heavy atom. The van der Waals surface area contributed by atoms with E-state index in [-0.39, 0.29) is 4.75 Å². The van der Waals surface area contributed by atoms with Gasteiger partial charge in [0.1, 0.15) is 0 Å². The molecule has 0 aliphatic heterocycles. The second-order valence-electron chi connectivity index (χ2n) is 3.67. The molecule has 0 aromatic heterocycles. The molecule has 1 atom stereocenters. The third-order valence-corrected chi connectivity index (χ3v) is 8.53. The highest BCUT2D eigenvalue weighted by Gasteiger charge is 2.19. The van der Waals surface area contributed by atoms with E-state index in [9.17, 15) is 4.79 Å². The standard InChI is InChI=1S/C8H18NO2PS3/c1-5-11-12(13,9-6-10)15-7-14-8(2,3)4/h6H,5,7H2,1-4H3,(H,9,10,13). The molecule has 3 nitrogen and oxygen atoms in total. The highest BCUT2D eigenvalue weighted by Crippen LogP contribution is 2.57. The van der Waals surface area contributed by atoms with E-state index >= 15 is 0 Å². The maximum atomic E-state index is 10.4. The summed E-state index contributed by atoms with van der Waals surface area (Å²) in [6.45, 7) is 8.86. The molecule has 0 aliphatic rings. The van der Waals surface area contributed by atoms with Crippen molar-refractivity contribution in [1.82, 2.24) is 5.09 Å². The van der Waals surface area contributed by atoms with Crippen LogP contribution < -0.4 is 5.09 Å². The van der Waals surface area contributed by atoms with E-state index in [1.54, 1.807) is 11.8 Å². The molecule has 1 amide bonds. The van der Waals surface area contributed by atoms with Gasteiger partial charge in [0.15, 0.2) is 0 Å². The fourth-order valence-corrected chi connectivity index (χ4v) is 7.71. The third-order valence-electron chi connectivity index (χ3n) is 1.22. The molecular weight excluding hydrogens is 269 g/mol. The van der Waals surface area contributed by atoms with E-state index < -0.39 is 5.62 Å². The normalized spacial score (nSPS) is 15.7. The van der Waals surface area contributed by atoms with Gasteiger partial charge in [-0.2, -0.15) is 0 Å². The predicted octanol–water partition coefficient (Wildman–Crippen LogP) is 3.22. The largest absolute Gasteiger partial charge is 0.327 e. The summed E-state index contributed by atoms with van der Waals surface area (Å²) in [5.74, 6) is 0. The molecule has 1 unspecified atom stereocenters. The Morgan fingerprint density at radius 3 is 2.53 bits per heavy atom. The second kappa shape index (κ2) is 7.17. The van der Waals surface area contributed by atoms with Crippen molar-refractivity contribution in [3.05, 3.63) is 0 Å². The molecule has 0 heterocycles. The lowest BCUT2D eigenvalue weighted by atomic mass is 10.3. The zero-order valence-electron chi connectivity index (χ0n) is 9.48. The fraction of sp³-hybridized carbons (Fsp3) is 0.875. The molecule has 7 heteroatoms. The first-order valence-electron chi connectivity index (χ1n) is 4.57. The van der Waals surface area contributed by atoms with E-state index in [0.29, 0.717) is 13.0 Å². The number of rotatable bonds is 7. The van der Waals surface area contributed by atoms with Crippen LogP contribution in [0.1, 0.15) is 27.7 Å². The van der Waals surface area contributed by atoms with Crippen molar-refractivity contribution < 1.29 is 9.32 Å². The number of amides is 1. The summed E-state index contributed by atoms with van der Waals surface area (Å²) in [7, 11) is 0. The Kier molecular flexibility index (Phi) is 7.55. The van der Waals surface area contributed by atoms with Crippen molar-refractivity contribution in [2.24, 2.45) is 0 Å². The van der Waals surface area contributed by atoms with Gasteiger partial charge in [0, 0.05) is 9.83 Å². The summed E-state index contributed by atoms with van der Waals surface area (Å²) in [6.07, 6.45) is 0.630. The zero-order valence-corrected chi connectivity index (χ0v) is 12.8. The van der Waals surface area contributed by atoms with Gasteiger partial charge in [-0.05, 0) is 18.7 Å². The monoisotopic (exact) mass is 287 g/mol. The lowest BCUT2D eigenvalue weighted by Crippen LogP contribution is -2.10. The molecule has 0 saturated carbocycles. The van der Waals surface area contributed by atoms with E-state index in [0.717, 1.165) is 5.08 Å². The molecule has 0 aliphatic carbocycles. The lowest BCUT2D eigenvalue weighted by molar-refractivity contribution is -0.108. The Labute approximate surface area is 105 Å². The zero-order chi connectivity index (χ0) is 11.9. The summed E-state index contributed by atoms with van der Waals surface area (Å²) in [6, 6.07) is 0. The first-order valence-corrected chi connectivity index (χ1v) is 9.87. The molecule has 15 heavy (non-hydrogen) atoms. The predicted molar refractivity (Wildman–Crippen MR) is 74.9 cm³/mol. The summed E-state index contributed by atoms with van der Waals surface area (Å²) in [5.41, 5.74) is -2.19. The molecule has 0 aromatic carbocycles. The smallest absolute Gasteiger partial charge is 0.213 e. The summed E-state index contributed by atoms with van der Waals surface area (Å²) in [5, 5.41) is 3.45. The minimum atomic E-state index is -2.19. The van der Waals surface area contributed by atoms with Crippen LogP contribution in [0.3, 0.4) is 0 Å². The lowest BCUT2D eigenvalue weighted by Gasteiger charge is -2.22. The molecule has 90 valence electrons. The van der Waals surface area contributed by atoms with E-state index in [1.165, 1.54) is 11.4 Å². The van der Waals surface area contributed by atoms with Gasteiger partial charge < -0.3 is 9.61 Å². The maximum absolute atomic E-state index is 10.4. The molecule has 0 radical (unpaired) electrons. The Balaban J connectivity index is 4.07. The minimum Gasteiger partial charge on any atom is -0.327 e. The highest BCUT2D eigenvalue weighted by atomic mass is 32.9. The molecule has 0 spiro atoms. The van der Waals surface area contributed by atoms with Gasteiger partial charge in [0.25, 0.3) is 0 Å². The molecule has 0 saturated heterocycles. The second-order valence-corrected chi connectivity index (χ2v) is 12.4. The summed E-state index contributed by atoms with van der Waals surface area (Å²) in [4.78, 5) is 10.4. The fourth-order valence-electron chi connectivity index (χ4n) is 0.619. The van der Waals surface area contributed by atoms with Crippen molar-refractivity contribution in [3.63, 3.8) is 0 Å². The highest BCUT2D eigenvalue weighted by molar-refractivity contribution is 8.70. The average Bonchev–Trinajstić information content (AvgIpc) is 2.01. The SMILES string of the molecule is CCOP(=S)(NC=O)SCSC(C)(C)C. The van der Waals surface area contributed by atoms with Gasteiger partial charge in [-0.1, -0.05) is 32.2 Å². The summed E-state index contributed by atoms with van der Waals surface area (Å²) < 4.78 is 5.63. The van der Waals surface area contributed by atoms with Gasteiger partial charge >= 0.3 is 0 Å². The summed E-state index contributed by atoms with van der Waals surface area (Å²) >= 11 is 8.61. The molecule has 1 N–H and O–H groups in total. The van der Waals surface area contributed by atoms with Crippen LogP contribution in [-0.4, -0.2) is 22.8 Å². The van der Waals surface area contributed by atoms with Crippen molar-refractivity contribution in [1.29, 1.82) is 0 Å². The van der Waals surface area contributed by atoms with Crippen LogP contribution in [0.4, 0.5) is 0 Å². The van der Waals surface area contributed by atoms with Crippen LogP contribution in [0.5, 0.6) is 0 Å².